The number of nitrogens with two attached hydrogens (primary N) is 1. The minimum Gasteiger partial charge on any atom is -0.382 e. The molecule has 0 saturated carbocycles. The second kappa shape index (κ2) is 5.47. The summed E-state index contributed by atoms with van der Waals surface area (Å²) in [5.41, 5.74) is 0. The van der Waals surface area contributed by atoms with Crippen LogP contribution in [0.4, 0.5) is 0 Å². The van der Waals surface area contributed by atoms with Crippen LogP contribution in [0.25, 0.3) is 0 Å². The summed E-state index contributed by atoms with van der Waals surface area (Å²) in [6.07, 6.45) is -0.100. The number of sulfonamides is 1. The molecular formula is C6H15NO4S. The summed E-state index contributed by atoms with van der Waals surface area (Å²) in [5, 5.41) is 4.76. The van der Waals surface area contributed by atoms with Crippen molar-refractivity contribution in [3.8, 4) is 0 Å². The maximum absolute atomic E-state index is 10.4. The van der Waals surface area contributed by atoms with Gasteiger partial charge in [0.15, 0.2) is 0 Å². The van der Waals surface area contributed by atoms with E-state index in [0.29, 0.717) is 6.61 Å². The molecule has 0 heterocycles. The van der Waals surface area contributed by atoms with Gasteiger partial charge >= 0.3 is 0 Å². The van der Waals surface area contributed by atoms with Gasteiger partial charge in [-0.2, -0.15) is 0 Å². The van der Waals surface area contributed by atoms with E-state index in [4.69, 9.17) is 14.6 Å². The molecule has 0 rings (SSSR count). The minimum absolute atomic E-state index is 0.100. The number of hydrogen-bond acceptors (Lipinski definition) is 4. The zero-order valence-electron chi connectivity index (χ0n) is 7.32. The van der Waals surface area contributed by atoms with Crippen molar-refractivity contribution in [2.75, 3.05) is 26.1 Å². The van der Waals surface area contributed by atoms with E-state index in [9.17, 15) is 8.42 Å². The van der Waals surface area contributed by atoms with Crippen LogP contribution < -0.4 is 5.14 Å². The first-order chi connectivity index (χ1) is 5.45. The van der Waals surface area contributed by atoms with Crippen molar-refractivity contribution in [3.63, 3.8) is 0 Å². The monoisotopic (exact) mass is 197 g/mol. The first-order valence-electron chi connectivity index (χ1n) is 3.56. The Kier molecular flexibility index (Phi) is 5.39. The lowest BCUT2D eigenvalue weighted by atomic mass is 10.4. The van der Waals surface area contributed by atoms with Gasteiger partial charge < -0.3 is 9.47 Å². The Morgan fingerprint density at radius 3 is 2.50 bits per heavy atom. The summed E-state index contributed by atoms with van der Waals surface area (Å²) >= 11 is 0. The Morgan fingerprint density at radius 2 is 2.08 bits per heavy atom. The summed E-state index contributed by atoms with van der Waals surface area (Å²) in [4.78, 5) is 0. The molecule has 0 aliphatic carbocycles. The highest BCUT2D eigenvalue weighted by atomic mass is 32.2. The molecule has 1 atom stereocenters. The van der Waals surface area contributed by atoms with Gasteiger partial charge in [-0.25, -0.2) is 13.6 Å². The van der Waals surface area contributed by atoms with Crippen molar-refractivity contribution in [1.82, 2.24) is 0 Å². The van der Waals surface area contributed by atoms with Crippen LogP contribution in [0.3, 0.4) is 0 Å². The number of rotatable bonds is 6. The topological polar surface area (TPSA) is 78.6 Å². The van der Waals surface area contributed by atoms with Gasteiger partial charge in [0.05, 0.1) is 25.1 Å². The van der Waals surface area contributed by atoms with E-state index < -0.39 is 10.0 Å². The third kappa shape index (κ3) is 7.93. The van der Waals surface area contributed by atoms with Crippen LogP contribution in [0.5, 0.6) is 0 Å². The van der Waals surface area contributed by atoms with Gasteiger partial charge in [-0.05, 0) is 6.92 Å². The van der Waals surface area contributed by atoms with Crippen molar-refractivity contribution in [2.45, 2.75) is 13.0 Å². The summed E-state index contributed by atoms with van der Waals surface area (Å²) in [7, 11) is -1.85. The van der Waals surface area contributed by atoms with E-state index in [-0.39, 0.29) is 18.5 Å². The van der Waals surface area contributed by atoms with Crippen molar-refractivity contribution in [2.24, 2.45) is 5.14 Å². The SMILES string of the molecule is COCC(C)OCCS(N)(=O)=O. The summed E-state index contributed by atoms with van der Waals surface area (Å²) in [6.45, 7) is 2.36. The molecule has 1 unspecified atom stereocenters. The van der Waals surface area contributed by atoms with Crippen LogP contribution in [-0.2, 0) is 19.5 Å². The Morgan fingerprint density at radius 1 is 1.50 bits per heavy atom. The van der Waals surface area contributed by atoms with Crippen molar-refractivity contribution < 1.29 is 17.9 Å². The molecule has 12 heavy (non-hydrogen) atoms. The normalized spacial score (nSPS) is 14.6. The van der Waals surface area contributed by atoms with Crippen molar-refractivity contribution in [3.05, 3.63) is 0 Å². The second-order valence-electron chi connectivity index (χ2n) is 2.50. The highest BCUT2D eigenvalue weighted by molar-refractivity contribution is 7.89. The van der Waals surface area contributed by atoms with Gasteiger partial charge in [-0.15, -0.1) is 0 Å². The van der Waals surface area contributed by atoms with E-state index in [1.54, 1.807) is 14.0 Å². The molecule has 0 radical (unpaired) electrons. The highest BCUT2D eigenvalue weighted by Crippen LogP contribution is 1.91. The van der Waals surface area contributed by atoms with Gasteiger partial charge in [0.2, 0.25) is 10.0 Å². The lowest BCUT2D eigenvalue weighted by molar-refractivity contribution is 0.0163. The van der Waals surface area contributed by atoms with Crippen LogP contribution >= 0.6 is 0 Å². The van der Waals surface area contributed by atoms with Crippen LogP contribution in [0.1, 0.15) is 6.92 Å². The fourth-order valence-electron chi connectivity index (χ4n) is 0.648. The first-order valence-corrected chi connectivity index (χ1v) is 5.28. The van der Waals surface area contributed by atoms with E-state index in [1.165, 1.54) is 0 Å². The maximum atomic E-state index is 10.4. The molecule has 0 saturated heterocycles. The molecule has 0 aromatic heterocycles. The number of primary sulfonamides is 1. The minimum atomic E-state index is -3.40. The van der Waals surface area contributed by atoms with Crippen LogP contribution in [0, 0.1) is 0 Å². The number of methoxy groups -OCH3 is 1. The van der Waals surface area contributed by atoms with E-state index in [0.717, 1.165) is 0 Å². The zero-order valence-corrected chi connectivity index (χ0v) is 8.13. The van der Waals surface area contributed by atoms with Gasteiger partial charge in [0.1, 0.15) is 0 Å². The Balaban J connectivity index is 3.44. The molecular weight excluding hydrogens is 182 g/mol. The average Bonchev–Trinajstić information content (AvgIpc) is 1.84. The summed E-state index contributed by atoms with van der Waals surface area (Å²) < 4.78 is 30.7. The van der Waals surface area contributed by atoms with Gasteiger partial charge in [-0.3, -0.25) is 0 Å². The average molecular weight is 197 g/mol. The fraction of sp³-hybridized carbons (Fsp3) is 1.00. The number of ether oxygens (including phenoxy) is 2. The smallest absolute Gasteiger partial charge is 0.211 e. The van der Waals surface area contributed by atoms with E-state index in [1.807, 2.05) is 0 Å². The van der Waals surface area contributed by atoms with Crippen LogP contribution in [-0.4, -0.2) is 40.6 Å². The molecule has 74 valence electrons. The third-order valence-electron chi connectivity index (χ3n) is 1.17. The van der Waals surface area contributed by atoms with Crippen LogP contribution in [0.15, 0.2) is 0 Å². The van der Waals surface area contributed by atoms with Crippen molar-refractivity contribution in [1.29, 1.82) is 0 Å². The molecule has 2 N–H and O–H groups in total. The third-order valence-corrected chi connectivity index (χ3v) is 1.91. The van der Waals surface area contributed by atoms with Gasteiger partial charge in [0, 0.05) is 7.11 Å². The van der Waals surface area contributed by atoms with Crippen molar-refractivity contribution >= 4 is 10.0 Å². The molecule has 5 nitrogen and oxygen atoms in total. The van der Waals surface area contributed by atoms with E-state index >= 15 is 0 Å². The molecule has 0 aromatic carbocycles. The lowest BCUT2D eigenvalue weighted by Gasteiger charge is -2.10. The molecule has 6 heteroatoms. The number of hydrogen-bond donors (Lipinski definition) is 1. The molecule has 0 aliphatic heterocycles. The second-order valence-corrected chi connectivity index (χ2v) is 4.24. The molecule has 0 aliphatic rings. The predicted molar refractivity (Wildman–Crippen MR) is 45.3 cm³/mol. The molecule has 0 aromatic rings. The largest absolute Gasteiger partial charge is 0.382 e. The predicted octanol–water partition coefficient (Wildman–Crippen LogP) is -0.674. The molecule has 0 amide bonds. The first kappa shape index (κ1) is 11.8. The Hall–Kier alpha value is -0.170. The summed E-state index contributed by atoms with van der Waals surface area (Å²) in [5.74, 6) is -0.152. The highest BCUT2D eigenvalue weighted by Gasteiger charge is 2.05. The van der Waals surface area contributed by atoms with E-state index in [2.05, 4.69) is 0 Å². The Bertz CT molecular complexity index is 202. The lowest BCUT2D eigenvalue weighted by Crippen LogP contribution is -2.24. The molecule has 0 spiro atoms. The molecule has 0 bridgehead atoms. The summed E-state index contributed by atoms with van der Waals surface area (Å²) in [6, 6.07) is 0. The Labute approximate surface area is 72.9 Å². The standard InChI is InChI=1S/C6H15NO4S/c1-6(5-10-2)11-3-4-12(7,8)9/h6H,3-5H2,1-2H3,(H2,7,8,9). The van der Waals surface area contributed by atoms with Crippen LogP contribution in [0.2, 0.25) is 0 Å². The quantitative estimate of drug-likeness (QED) is 0.612. The van der Waals surface area contributed by atoms with Gasteiger partial charge in [-0.1, -0.05) is 0 Å². The fourth-order valence-corrected chi connectivity index (χ4v) is 0.977. The zero-order chi connectivity index (χ0) is 9.61. The van der Waals surface area contributed by atoms with Gasteiger partial charge in [0.25, 0.3) is 0 Å². The maximum Gasteiger partial charge on any atom is 0.211 e. The molecule has 0 fully saturated rings.